The Morgan fingerprint density at radius 3 is 2.53 bits per heavy atom. The minimum absolute atomic E-state index is 0.115. The van der Waals surface area contributed by atoms with Crippen LogP contribution in [0.3, 0.4) is 0 Å². The summed E-state index contributed by atoms with van der Waals surface area (Å²) in [4.78, 5) is 0. The van der Waals surface area contributed by atoms with E-state index in [4.69, 9.17) is 15.2 Å². The molecule has 2 aromatic rings. The second-order valence-corrected chi connectivity index (χ2v) is 4.30. The first-order chi connectivity index (χ1) is 9.33. The van der Waals surface area contributed by atoms with Crippen LogP contribution in [0.4, 0.5) is 0 Å². The van der Waals surface area contributed by atoms with E-state index >= 15 is 0 Å². The molecule has 3 nitrogen and oxygen atoms in total. The summed E-state index contributed by atoms with van der Waals surface area (Å²) in [5.74, 6) is 0.819. The van der Waals surface area contributed by atoms with E-state index in [1.807, 2.05) is 54.6 Å². The Morgan fingerprint density at radius 2 is 1.84 bits per heavy atom. The van der Waals surface area contributed by atoms with Crippen molar-refractivity contribution in [3.8, 4) is 5.75 Å². The van der Waals surface area contributed by atoms with Gasteiger partial charge in [0.2, 0.25) is 0 Å². The van der Waals surface area contributed by atoms with Crippen molar-refractivity contribution in [2.24, 2.45) is 5.73 Å². The van der Waals surface area contributed by atoms with Gasteiger partial charge in [-0.05, 0) is 23.3 Å². The molecule has 19 heavy (non-hydrogen) atoms. The van der Waals surface area contributed by atoms with Crippen LogP contribution in [0.2, 0.25) is 0 Å². The first-order valence-corrected chi connectivity index (χ1v) is 6.33. The highest BCUT2D eigenvalue weighted by atomic mass is 16.5. The van der Waals surface area contributed by atoms with E-state index in [2.05, 4.69) is 0 Å². The molecule has 0 bridgehead atoms. The van der Waals surface area contributed by atoms with E-state index in [0.29, 0.717) is 13.2 Å². The molecule has 0 spiro atoms. The van der Waals surface area contributed by atoms with Crippen LogP contribution in [-0.2, 0) is 11.3 Å². The maximum atomic E-state index is 5.88. The predicted molar refractivity (Wildman–Crippen MR) is 76.0 cm³/mol. The molecule has 0 heterocycles. The van der Waals surface area contributed by atoms with E-state index in [9.17, 15) is 0 Å². The van der Waals surface area contributed by atoms with Gasteiger partial charge in [-0.25, -0.2) is 0 Å². The second kappa shape index (κ2) is 6.92. The molecule has 3 heteroatoms. The van der Waals surface area contributed by atoms with Crippen LogP contribution in [0.1, 0.15) is 17.2 Å². The summed E-state index contributed by atoms with van der Waals surface area (Å²) < 4.78 is 11.1. The van der Waals surface area contributed by atoms with Crippen molar-refractivity contribution >= 4 is 0 Å². The third-order valence-corrected chi connectivity index (χ3v) is 2.97. The molecule has 1 unspecified atom stereocenters. The fourth-order valence-corrected chi connectivity index (χ4v) is 1.91. The molecule has 100 valence electrons. The Bertz CT molecular complexity index is 499. The number of ether oxygens (including phenoxy) is 2. The minimum atomic E-state index is -0.115. The highest BCUT2D eigenvalue weighted by Gasteiger charge is 2.11. The molecule has 1 atom stereocenters. The summed E-state index contributed by atoms with van der Waals surface area (Å²) in [5, 5.41) is 0. The monoisotopic (exact) mass is 257 g/mol. The number of hydrogen-bond acceptors (Lipinski definition) is 3. The van der Waals surface area contributed by atoms with Crippen molar-refractivity contribution in [1.29, 1.82) is 0 Å². The summed E-state index contributed by atoms with van der Waals surface area (Å²) in [6.07, 6.45) is -0.115. The summed E-state index contributed by atoms with van der Waals surface area (Å²) in [5.41, 5.74) is 7.98. The lowest BCUT2D eigenvalue weighted by Gasteiger charge is -2.17. The zero-order valence-corrected chi connectivity index (χ0v) is 11.1. The standard InChI is InChI=1S/C16H19NO2/c1-18-15-9-5-8-14(10-15)16(11-17)19-12-13-6-3-2-4-7-13/h2-10,16H,11-12,17H2,1H3. The first kappa shape index (κ1) is 13.6. The molecule has 0 aliphatic heterocycles. The van der Waals surface area contributed by atoms with E-state index in [1.54, 1.807) is 7.11 Å². The van der Waals surface area contributed by atoms with Gasteiger partial charge in [-0.2, -0.15) is 0 Å². The molecular formula is C16H19NO2. The quantitative estimate of drug-likeness (QED) is 0.865. The molecule has 2 N–H and O–H groups in total. The molecule has 0 amide bonds. The van der Waals surface area contributed by atoms with Crippen molar-refractivity contribution in [1.82, 2.24) is 0 Å². The maximum Gasteiger partial charge on any atom is 0.119 e. The Balaban J connectivity index is 2.03. The SMILES string of the molecule is COc1cccc(C(CN)OCc2ccccc2)c1. The Hall–Kier alpha value is -1.84. The van der Waals surface area contributed by atoms with Crippen molar-refractivity contribution < 1.29 is 9.47 Å². The fourth-order valence-electron chi connectivity index (χ4n) is 1.91. The zero-order valence-electron chi connectivity index (χ0n) is 11.1. The average molecular weight is 257 g/mol. The van der Waals surface area contributed by atoms with Crippen LogP contribution in [0, 0.1) is 0 Å². The molecular weight excluding hydrogens is 238 g/mol. The van der Waals surface area contributed by atoms with Gasteiger partial charge in [0.25, 0.3) is 0 Å². The second-order valence-electron chi connectivity index (χ2n) is 4.30. The van der Waals surface area contributed by atoms with E-state index < -0.39 is 0 Å². The van der Waals surface area contributed by atoms with E-state index in [0.717, 1.165) is 16.9 Å². The van der Waals surface area contributed by atoms with Gasteiger partial charge in [0.05, 0.1) is 19.8 Å². The van der Waals surface area contributed by atoms with Crippen LogP contribution in [-0.4, -0.2) is 13.7 Å². The number of methoxy groups -OCH3 is 1. The van der Waals surface area contributed by atoms with Gasteiger partial charge in [-0.3, -0.25) is 0 Å². The van der Waals surface area contributed by atoms with Crippen LogP contribution in [0.25, 0.3) is 0 Å². The highest BCUT2D eigenvalue weighted by molar-refractivity contribution is 5.30. The molecule has 0 radical (unpaired) electrons. The van der Waals surface area contributed by atoms with Crippen LogP contribution < -0.4 is 10.5 Å². The summed E-state index contributed by atoms with van der Waals surface area (Å²) in [6.45, 7) is 1.000. The van der Waals surface area contributed by atoms with Crippen molar-refractivity contribution in [3.05, 3.63) is 65.7 Å². The average Bonchev–Trinajstić information content (AvgIpc) is 2.49. The Labute approximate surface area is 114 Å². The van der Waals surface area contributed by atoms with Crippen LogP contribution >= 0.6 is 0 Å². The first-order valence-electron chi connectivity index (χ1n) is 6.33. The van der Waals surface area contributed by atoms with Crippen molar-refractivity contribution in [2.75, 3.05) is 13.7 Å². The predicted octanol–water partition coefficient (Wildman–Crippen LogP) is 2.91. The summed E-state index contributed by atoms with van der Waals surface area (Å²) >= 11 is 0. The molecule has 0 aliphatic carbocycles. The largest absolute Gasteiger partial charge is 0.497 e. The van der Waals surface area contributed by atoms with Crippen LogP contribution in [0.15, 0.2) is 54.6 Å². The number of benzene rings is 2. The van der Waals surface area contributed by atoms with Gasteiger partial charge >= 0.3 is 0 Å². The Morgan fingerprint density at radius 1 is 1.05 bits per heavy atom. The van der Waals surface area contributed by atoms with E-state index in [1.165, 1.54) is 0 Å². The van der Waals surface area contributed by atoms with E-state index in [-0.39, 0.29) is 6.10 Å². The lowest BCUT2D eigenvalue weighted by atomic mass is 10.1. The van der Waals surface area contributed by atoms with Crippen molar-refractivity contribution in [2.45, 2.75) is 12.7 Å². The third kappa shape index (κ3) is 3.81. The zero-order chi connectivity index (χ0) is 13.5. The summed E-state index contributed by atoms with van der Waals surface area (Å²) in [6, 6.07) is 17.9. The van der Waals surface area contributed by atoms with Gasteiger partial charge in [0.1, 0.15) is 5.75 Å². The van der Waals surface area contributed by atoms with Crippen molar-refractivity contribution in [3.63, 3.8) is 0 Å². The molecule has 0 saturated heterocycles. The van der Waals surface area contributed by atoms with Gasteiger partial charge in [-0.1, -0.05) is 42.5 Å². The smallest absolute Gasteiger partial charge is 0.119 e. The van der Waals surface area contributed by atoms with Gasteiger partial charge in [0.15, 0.2) is 0 Å². The molecule has 0 aliphatic rings. The minimum Gasteiger partial charge on any atom is -0.497 e. The van der Waals surface area contributed by atoms with Gasteiger partial charge in [-0.15, -0.1) is 0 Å². The third-order valence-electron chi connectivity index (χ3n) is 2.97. The van der Waals surface area contributed by atoms with Crippen LogP contribution in [0.5, 0.6) is 5.75 Å². The Kier molecular flexibility index (Phi) is 4.95. The van der Waals surface area contributed by atoms with Gasteiger partial charge in [0, 0.05) is 6.54 Å². The fraction of sp³-hybridized carbons (Fsp3) is 0.250. The maximum absolute atomic E-state index is 5.88. The highest BCUT2D eigenvalue weighted by Crippen LogP contribution is 2.22. The number of nitrogens with two attached hydrogens (primary N) is 1. The number of hydrogen-bond donors (Lipinski definition) is 1. The number of rotatable bonds is 6. The lowest BCUT2D eigenvalue weighted by molar-refractivity contribution is 0.0455. The molecule has 0 fully saturated rings. The van der Waals surface area contributed by atoms with Gasteiger partial charge < -0.3 is 15.2 Å². The molecule has 2 aromatic carbocycles. The summed E-state index contributed by atoms with van der Waals surface area (Å²) in [7, 11) is 1.65. The molecule has 0 saturated carbocycles. The lowest BCUT2D eigenvalue weighted by Crippen LogP contribution is -2.15. The molecule has 2 rings (SSSR count). The molecule has 0 aromatic heterocycles. The normalized spacial score (nSPS) is 12.1. The topological polar surface area (TPSA) is 44.5 Å².